The minimum atomic E-state index is -0.625. The quantitative estimate of drug-likeness (QED) is 0.174. The van der Waals surface area contributed by atoms with Crippen molar-refractivity contribution in [2.45, 2.75) is 25.8 Å². The fraction of sp³-hybridized carbons (Fsp3) is 0.200. The van der Waals surface area contributed by atoms with Gasteiger partial charge in [0, 0.05) is 27.2 Å². The number of hydrogen-bond acceptors (Lipinski definition) is 5. The van der Waals surface area contributed by atoms with Gasteiger partial charge < -0.3 is 24.9 Å². The molecule has 2 aromatic heterocycles. The molecule has 0 unspecified atom stereocenters. The molecule has 5 aromatic rings. The number of ether oxygens (including phenoxy) is 1. The van der Waals surface area contributed by atoms with Crippen molar-refractivity contribution in [1.82, 2.24) is 19.5 Å². The molecule has 9 heteroatoms. The number of aromatic nitrogens is 4. The monoisotopic (exact) mass is 588 g/mol. The number of nitrogens with one attached hydrogen (secondary N) is 2. The van der Waals surface area contributed by atoms with Crippen LogP contribution >= 0.6 is 15.9 Å². The molecule has 5 rings (SSSR count). The molecule has 200 valence electrons. The maximum absolute atomic E-state index is 13.4. The Balaban J connectivity index is 1.61. The largest absolute Gasteiger partial charge is 0.493 e. The summed E-state index contributed by atoms with van der Waals surface area (Å²) in [5, 5.41) is 20.4. The van der Waals surface area contributed by atoms with Crippen LogP contribution < -0.4 is 10.4 Å². The van der Waals surface area contributed by atoms with Crippen LogP contribution in [0, 0.1) is 6.92 Å². The van der Waals surface area contributed by atoms with Crippen molar-refractivity contribution in [2.24, 2.45) is 0 Å². The summed E-state index contributed by atoms with van der Waals surface area (Å²) in [6.45, 7) is 4.06. The highest BCUT2D eigenvalue weighted by molar-refractivity contribution is 9.10. The molecule has 0 spiro atoms. The van der Waals surface area contributed by atoms with Crippen molar-refractivity contribution in [1.29, 1.82) is 0 Å². The number of halogens is 1. The van der Waals surface area contributed by atoms with E-state index in [1.54, 1.807) is 24.3 Å². The molecule has 0 bridgehead atoms. The van der Waals surface area contributed by atoms with E-state index >= 15 is 0 Å². The number of H-pyrrole nitrogens is 2. The predicted octanol–water partition coefficient (Wildman–Crippen LogP) is 5.77. The maximum atomic E-state index is 13.4. The lowest BCUT2D eigenvalue weighted by molar-refractivity contribution is 0.201. The summed E-state index contributed by atoms with van der Waals surface area (Å²) in [7, 11) is 0. The van der Waals surface area contributed by atoms with Gasteiger partial charge in [0.2, 0.25) is 5.88 Å². The summed E-state index contributed by atoms with van der Waals surface area (Å²) in [6.07, 6.45) is 0. The van der Waals surface area contributed by atoms with Gasteiger partial charge in [-0.15, -0.1) is 0 Å². The second-order valence-electron chi connectivity index (χ2n) is 9.34. The van der Waals surface area contributed by atoms with Crippen LogP contribution in [0.5, 0.6) is 11.6 Å². The standard InChI is InChI=1S/C30H29BrN4O4/c1-18(20-6-4-3-5-7-20)27(28-32-19(2)25(33-28)21-8-12-23(31)13-9-21)35-29(37)26(34-30(35)38)22-10-14-24(15-11-22)39-17-16-36/h3-15,18,27,36-37H,16-17H2,1-2H3,(H,32,33)(H,34,38)/t18-,27-/m0/s1. The van der Waals surface area contributed by atoms with Gasteiger partial charge in [-0.05, 0) is 48.9 Å². The van der Waals surface area contributed by atoms with Gasteiger partial charge in [0.25, 0.3) is 0 Å². The number of benzene rings is 3. The molecule has 0 radical (unpaired) electrons. The van der Waals surface area contributed by atoms with Crippen molar-refractivity contribution < 1.29 is 14.9 Å². The highest BCUT2D eigenvalue weighted by atomic mass is 79.9. The number of hydrogen-bond donors (Lipinski definition) is 4. The SMILES string of the molecule is Cc1[nH]c([C@H]([C@@H](C)c2ccccc2)n2c(O)c(-c3ccc(OCCO)cc3)[nH]c2=O)nc1-c1ccc(Br)cc1. The van der Waals surface area contributed by atoms with Gasteiger partial charge in [-0.1, -0.05) is 65.3 Å². The summed E-state index contributed by atoms with van der Waals surface area (Å²) in [4.78, 5) is 24.6. The van der Waals surface area contributed by atoms with Crippen LogP contribution in [0.3, 0.4) is 0 Å². The van der Waals surface area contributed by atoms with Crippen LogP contribution in [0.1, 0.15) is 36.0 Å². The molecule has 0 aliphatic carbocycles. The first kappa shape index (κ1) is 26.5. The van der Waals surface area contributed by atoms with Crippen molar-refractivity contribution in [2.75, 3.05) is 13.2 Å². The maximum Gasteiger partial charge on any atom is 0.329 e. The van der Waals surface area contributed by atoms with E-state index in [2.05, 4.69) is 25.9 Å². The van der Waals surface area contributed by atoms with E-state index in [0.29, 0.717) is 22.8 Å². The Morgan fingerprint density at radius 1 is 0.974 bits per heavy atom. The van der Waals surface area contributed by atoms with E-state index in [-0.39, 0.29) is 25.0 Å². The van der Waals surface area contributed by atoms with Crippen molar-refractivity contribution in [3.63, 3.8) is 0 Å². The van der Waals surface area contributed by atoms with Gasteiger partial charge in [-0.2, -0.15) is 0 Å². The summed E-state index contributed by atoms with van der Waals surface area (Å²) in [5.74, 6) is 0.751. The average molecular weight is 589 g/mol. The molecular weight excluding hydrogens is 560 g/mol. The van der Waals surface area contributed by atoms with Gasteiger partial charge >= 0.3 is 5.69 Å². The molecule has 0 fully saturated rings. The molecule has 0 saturated heterocycles. The molecule has 0 saturated carbocycles. The van der Waals surface area contributed by atoms with Crippen LogP contribution in [0.15, 0.2) is 88.1 Å². The number of imidazole rings is 2. The van der Waals surface area contributed by atoms with Crippen molar-refractivity contribution >= 4 is 15.9 Å². The Hall–Kier alpha value is -4.08. The molecule has 2 atom stereocenters. The first-order chi connectivity index (χ1) is 18.9. The number of aliphatic hydroxyl groups excluding tert-OH is 1. The Bertz CT molecular complexity index is 1610. The minimum Gasteiger partial charge on any atom is -0.493 e. The number of aliphatic hydroxyl groups is 1. The van der Waals surface area contributed by atoms with Gasteiger partial charge in [0.05, 0.1) is 12.3 Å². The van der Waals surface area contributed by atoms with Gasteiger partial charge in [0.1, 0.15) is 29.9 Å². The molecular formula is C30H29BrN4O4. The van der Waals surface area contributed by atoms with Gasteiger partial charge in [-0.25, -0.2) is 9.78 Å². The first-order valence-electron chi connectivity index (χ1n) is 12.6. The van der Waals surface area contributed by atoms with E-state index in [4.69, 9.17) is 14.8 Å². The van der Waals surface area contributed by atoms with E-state index in [1.165, 1.54) is 4.57 Å². The number of rotatable bonds is 9. The summed E-state index contributed by atoms with van der Waals surface area (Å²) < 4.78 is 7.77. The summed E-state index contributed by atoms with van der Waals surface area (Å²) in [5.41, 5.74) is 4.06. The zero-order valence-corrected chi connectivity index (χ0v) is 23.1. The summed E-state index contributed by atoms with van der Waals surface area (Å²) in [6, 6.07) is 24.1. The molecule has 8 nitrogen and oxygen atoms in total. The molecule has 0 amide bonds. The lowest BCUT2D eigenvalue weighted by Crippen LogP contribution is -2.27. The fourth-order valence-electron chi connectivity index (χ4n) is 4.81. The highest BCUT2D eigenvalue weighted by Crippen LogP contribution is 2.38. The first-order valence-corrected chi connectivity index (χ1v) is 13.4. The lowest BCUT2D eigenvalue weighted by Gasteiger charge is -2.24. The Kier molecular flexibility index (Phi) is 7.72. The van der Waals surface area contributed by atoms with Crippen LogP contribution in [0.25, 0.3) is 22.5 Å². The topological polar surface area (TPSA) is 116 Å². The minimum absolute atomic E-state index is 0.0878. The third kappa shape index (κ3) is 5.41. The van der Waals surface area contributed by atoms with E-state index < -0.39 is 11.7 Å². The third-order valence-corrected chi connectivity index (χ3v) is 7.31. The molecule has 2 heterocycles. The van der Waals surface area contributed by atoms with E-state index in [9.17, 15) is 9.90 Å². The zero-order chi connectivity index (χ0) is 27.5. The Morgan fingerprint density at radius 3 is 2.31 bits per heavy atom. The number of aromatic hydroxyl groups is 1. The lowest BCUT2D eigenvalue weighted by atomic mass is 9.92. The van der Waals surface area contributed by atoms with Gasteiger partial charge in [-0.3, -0.25) is 4.57 Å². The van der Waals surface area contributed by atoms with Crippen molar-refractivity contribution in [3.8, 4) is 34.1 Å². The second-order valence-corrected chi connectivity index (χ2v) is 10.3. The number of nitrogens with zero attached hydrogens (tertiary/aromatic N) is 2. The zero-order valence-electron chi connectivity index (χ0n) is 21.6. The van der Waals surface area contributed by atoms with Crippen LogP contribution in [0.4, 0.5) is 0 Å². The van der Waals surface area contributed by atoms with E-state index in [0.717, 1.165) is 27.0 Å². The smallest absolute Gasteiger partial charge is 0.329 e. The van der Waals surface area contributed by atoms with E-state index in [1.807, 2.05) is 68.4 Å². The number of aromatic amines is 2. The van der Waals surface area contributed by atoms with Gasteiger partial charge in [0.15, 0.2) is 0 Å². The van der Waals surface area contributed by atoms with Crippen molar-refractivity contribution in [3.05, 3.63) is 111 Å². The third-order valence-electron chi connectivity index (χ3n) is 6.78. The summed E-state index contributed by atoms with van der Waals surface area (Å²) >= 11 is 3.48. The number of aryl methyl sites for hydroxylation is 1. The average Bonchev–Trinajstić information content (AvgIpc) is 3.48. The normalized spacial score (nSPS) is 12.8. The second kappa shape index (κ2) is 11.3. The van der Waals surface area contributed by atoms with Crippen LogP contribution in [0.2, 0.25) is 0 Å². The molecule has 0 aliphatic heterocycles. The fourth-order valence-corrected chi connectivity index (χ4v) is 5.08. The molecule has 39 heavy (non-hydrogen) atoms. The van der Waals surface area contributed by atoms with Crippen LogP contribution in [-0.4, -0.2) is 42.9 Å². The van der Waals surface area contributed by atoms with Crippen LogP contribution in [-0.2, 0) is 0 Å². The Labute approximate surface area is 234 Å². The molecule has 0 aliphatic rings. The molecule has 4 N–H and O–H groups in total. The highest BCUT2D eigenvalue weighted by Gasteiger charge is 2.32. The Morgan fingerprint density at radius 2 is 1.64 bits per heavy atom. The molecule has 3 aromatic carbocycles. The predicted molar refractivity (Wildman–Crippen MR) is 154 cm³/mol.